The summed E-state index contributed by atoms with van der Waals surface area (Å²) in [7, 11) is 3.49. The molecule has 3 rings (SSSR count). The lowest BCUT2D eigenvalue weighted by Gasteiger charge is -2.17. The predicted molar refractivity (Wildman–Crippen MR) is 110 cm³/mol. The predicted octanol–water partition coefficient (Wildman–Crippen LogP) is 4.40. The SMILES string of the molecule is CNc1ccc(/C=C2\CCC/C(=C\c3ccc(NC)c(O)c3)C2=O)cc1O. The average Bonchev–Trinajstić information content (AvgIpc) is 2.65. The molecular weight excluding hydrogens is 340 g/mol. The zero-order chi connectivity index (χ0) is 19.4. The molecular formula is C22H24N2O3. The summed E-state index contributed by atoms with van der Waals surface area (Å²) in [4.78, 5) is 12.9. The van der Waals surface area contributed by atoms with Crippen LogP contribution in [0.1, 0.15) is 30.4 Å². The van der Waals surface area contributed by atoms with Gasteiger partial charge in [0.2, 0.25) is 0 Å². The Hall–Kier alpha value is -3.21. The molecule has 1 saturated carbocycles. The smallest absolute Gasteiger partial charge is 0.185 e. The lowest BCUT2D eigenvalue weighted by Crippen LogP contribution is -2.12. The van der Waals surface area contributed by atoms with Crippen LogP contribution in [0.15, 0.2) is 47.5 Å². The molecule has 0 radical (unpaired) electrons. The van der Waals surface area contributed by atoms with E-state index in [1.807, 2.05) is 24.3 Å². The Morgan fingerprint density at radius 2 is 1.26 bits per heavy atom. The Balaban J connectivity index is 1.87. The van der Waals surface area contributed by atoms with Gasteiger partial charge in [-0.1, -0.05) is 12.1 Å². The van der Waals surface area contributed by atoms with E-state index in [0.717, 1.165) is 28.7 Å². The first-order valence-corrected chi connectivity index (χ1v) is 8.99. The maximum atomic E-state index is 12.9. The minimum atomic E-state index is 0.0237. The number of allylic oxidation sites excluding steroid dienone is 2. The minimum absolute atomic E-state index is 0.0237. The van der Waals surface area contributed by atoms with Gasteiger partial charge in [0.15, 0.2) is 5.78 Å². The number of benzene rings is 2. The molecule has 0 aromatic heterocycles. The number of rotatable bonds is 4. The lowest BCUT2D eigenvalue weighted by molar-refractivity contribution is -0.112. The number of carbonyl (C=O) groups is 1. The van der Waals surface area contributed by atoms with Crippen molar-refractivity contribution >= 4 is 29.3 Å². The number of Topliss-reactive ketones (excluding diaryl/α,β-unsaturated/α-hetero) is 1. The molecule has 0 spiro atoms. The molecule has 0 atom stereocenters. The third-order valence-electron chi connectivity index (χ3n) is 4.74. The minimum Gasteiger partial charge on any atom is -0.506 e. The largest absolute Gasteiger partial charge is 0.506 e. The molecule has 2 aromatic rings. The van der Waals surface area contributed by atoms with Crippen LogP contribution in [0.3, 0.4) is 0 Å². The van der Waals surface area contributed by atoms with E-state index < -0.39 is 0 Å². The number of nitrogens with one attached hydrogen (secondary N) is 2. The van der Waals surface area contributed by atoms with Crippen LogP contribution in [0, 0.1) is 0 Å². The van der Waals surface area contributed by atoms with Gasteiger partial charge in [-0.15, -0.1) is 0 Å². The number of anilines is 2. The van der Waals surface area contributed by atoms with Crippen molar-refractivity contribution in [3.05, 3.63) is 58.7 Å². The van der Waals surface area contributed by atoms with Crippen molar-refractivity contribution in [3.8, 4) is 11.5 Å². The van der Waals surface area contributed by atoms with Crippen molar-refractivity contribution in [1.82, 2.24) is 0 Å². The normalized spacial score (nSPS) is 17.3. The molecule has 1 fully saturated rings. The van der Waals surface area contributed by atoms with E-state index in [2.05, 4.69) is 10.6 Å². The fourth-order valence-corrected chi connectivity index (χ4v) is 3.28. The number of hydrogen-bond acceptors (Lipinski definition) is 5. The Morgan fingerprint density at radius 1 is 0.815 bits per heavy atom. The maximum absolute atomic E-state index is 12.9. The van der Waals surface area contributed by atoms with Crippen LogP contribution in [0.2, 0.25) is 0 Å². The summed E-state index contributed by atoms with van der Waals surface area (Å²) < 4.78 is 0. The first kappa shape index (κ1) is 18.6. The topological polar surface area (TPSA) is 81.6 Å². The lowest BCUT2D eigenvalue weighted by atomic mass is 9.87. The number of hydrogen-bond donors (Lipinski definition) is 4. The first-order chi connectivity index (χ1) is 13.0. The Labute approximate surface area is 159 Å². The summed E-state index contributed by atoms with van der Waals surface area (Å²) in [6.45, 7) is 0. The van der Waals surface area contributed by atoms with Crippen molar-refractivity contribution in [1.29, 1.82) is 0 Å². The van der Waals surface area contributed by atoms with Crippen LogP contribution in [0.4, 0.5) is 11.4 Å². The van der Waals surface area contributed by atoms with E-state index in [9.17, 15) is 15.0 Å². The number of aromatic hydroxyl groups is 2. The average molecular weight is 364 g/mol. The van der Waals surface area contributed by atoms with Crippen molar-refractivity contribution < 1.29 is 15.0 Å². The molecule has 140 valence electrons. The van der Waals surface area contributed by atoms with Crippen LogP contribution in [0.25, 0.3) is 12.2 Å². The second kappa shape index (κ2) is 7.99. The van der Waals surface area contributed by atoms with E-state index in [1.165, 1.54) is 0 Å². The molecule has 0 unspecified atom stereocenters. The molecule has 2 aromatic carbocycles. The van der Waals surface area contributed by atoms with Gasteiger partial charge in [-0.05, 0) is 66.8 Å². The maximum Gasteiger partial charge on any atom is 0.185 e. The van der Waals surface area contributed by atoms with Gasteiger partial charge < -0.3 is 20.8 Å². The number of phenolic OH excluding ortho intramolecular Hbond substituents is 2. The highest BCUT2D eigenvalue weighted by atomic mass is 16.3. The highest BCUT2D eigenvalue weighted by Gasteiger charge is 2.20. The van der Waals surface area contributed by atoms with Gasteiger partial charge >= 0.3 is 0 Å². The zero-order valence-corrected chi connectivity index (χ0v) is 15.5. The van der Waals surface area contributed by atoms with Crippen LogP contribution < -0.4 is 10.6 Å². The number of ketones is 1. The van der Waals surface area contributed by atoms with E-state index >= 15 is 0 Å². The van der Waals surface area contributed by atoms with Gasteiger partial charge in [0.05, 0.1) is 11.4 Å². The third kappa shape index (κ3) is 4.14. The third-order valence-corrected chi connectivity index (χ3v) is 4.74. The zero-order valence-electron chi connectivity index (χ0n) is 15.5. The molecule has 4 N–H and O–H groups in total. The quantitative estimate of drug-likeness (QED) is 0.477. The van der Waals surface area contributed by atoms with Crippen molar-refractivity contribution in [2.75, 3.05) is 24.7 Å². The van der Waals surface area contributed by atoms with Crippen LogP contribution in [-0.2, 0) is 4.79 Å². The standard InChI is InChI=1S/C22H24N2O3/c1-23-18-8-6-14(12-20(18)25)10-16-4-3-5-17(22(16)27)11-15-7-9-19(24-2)21(26)13-15/h6-13,23-26H,3-5H2,1-2H3/b16-10+,17-11+. The van der Waals surface area contributed by atoms with Crippen molar-refractivity contribution in [3.63, 3.8) is 0 Å². The number of phenols is 2. The van der Waals surface area contributed by atoms with Gasteiger partial charge in [-0.2, -0.15) is 0 Å². The first-order valence-electron chi connectivity index (χ1n) is 8.99. The monoisotopic (exact) mass is 364 g/mol. The van der Waals surface area contributed by atoms with Crippen molar-refractivity contribution in [2.45, 2.75) is 19.3 Å². The van der Waals surface area contributed by atoms with E-state index in [0.29, 0.717) is 24.2 Å². The summed E-state index contributed by atoms with van der Waals surface area (Å²) >= 11 is 0. The summed E-state index contributed by atoms with van der Waals surface area (Å²) in [5.41, 5.74) is 4.37. The second-order valence-electron chi connectivity index (χ2n) is 6.58. The molecule has 5 nitrogen and oxygen atoms in total. The molecule has 0 aliphatic heterocycles. The van der Waals surface area contributed by atoms with Gasteiger partial charge in [0.25, 0.3) is 0 Å². The summed E-state index contributed by atoms with van der Waals surface area (Å²) in [6.07, 6.45) is 6.01. The summed E-state index contributed by atoms with van der Waals surface area (Å²) in [5, 5.41) is 25.8. The second-order valence-corrected chi connectivity index (χ2v) is 6.58. The summed E-state index contributed by atoms with van der Waals surface area (Å²) in [5.74, 6) is 0.340. The Morgan fingerprint density at radius 3 is 1.63 bits per heavy atom. The van der Waals surface area contributed by atoms with Gasteiger partial charge in [-0.3, -0.25) is 4.79 Å². The molecule has 1 aliphatic carbocycles. The fourth-order valence-electron chi connectivity index (χ4n) is 3.28. The van der Waals surface area contributed by atoms with Gasteiger partial charge in [0.1, 0.15) is 11.5 Å². The van der Waals surface area contributed by atoms with Crippen molar-refractivity contribution in [2.24, 2.45) is 0 Å². The van der Waals surface area contributed by atoms with Crippen LogP contribution in [0.5, 0.6) is 11.5 Å². The summed E-state index contributed by atoms with van der Waals surface area (Å²) in [6, 6.07) is 10.6. The van der Waals surface area contributed by atoms with Crippen LogP contribution >= 0.6 is 0 Å². The van der Waals surface area contributed by atoms with Gasteiger partial charge in [0, 0.05) is 25.2 Å². The number of carbonyl (C=O) groups excluding carboxylic acids is 1. The van der Waals surface area contributed by atoms with E-state index in [4.69, 9.17) is 0 Å². The molecule has 5 heteroatoms. The molecule has 0 bridgehead atoms. The highest BCUT2D eigenvalue weighted by molar-refractivity contribution is 6.14. The molecule has 0 heterocycles. The molecule has 0 saturated heterocycles. The highest BCUT2D eigenvalue weighted by Crippen LogP contribution is 2.31. The molecule has 0 amide bonds. The fraction of sp³-hybridized carbons (Fsp3) is 0.227. The van der Waals surface area contributed by atoms with Crippen LogP contribution in [-0.4, -0.2) is 30.1 Å². The Kier molecular flexibility index (Phi) is 5.50. The van der Waals surface area contributed by atoms with E-state index in [1.54, 1.807) is 38.4 Å². The Bertz CT molecular complexity index is 856. The van der Waals surface area contributed by atoms with Gasteiger partial charge in [-0.25, -0.2) is 0 Å². The van der Waals surface area contributed by atoms with E-state index in [-0.39, 0.29) is 17.3 Å². The molecule has 1 aliphatic rings. The molecule has 27 heavy (non-hydrogen) atoms.